The second-order valence-corrected chi connectivity index (χ2v) is 9.74. The van der Waals surface area contributed by atoms with Crippen molar-refractivity contribution in [2.75, 3.05) is 18.8 Å². The highest BCUT2D eigenvalue weighted by Crippen LogP contribution is 2.26. The summed E-state index contributed by atoms with van der Waals surface area (Å²) in [5, 5.41) is -0.566. The second-order valence-electron chi connectivity index (χ2n) is 5.48. The van der Waals surface area contributed by atoms with Gasteiger partial charge >= 0.3 is 0 Å². The van der Waals surface area contributed by atoms with Gasteiger partial charge in [0.25, 0.3) is 0 Å². The molecule has 1 aromatic carbocycles. The van der Waals surface area contributed by atoms with E-state index >= 15 is 0 Å². The fraction of sp³-hybridized carbons (Fsp3) is 0.538. The average molecular weight is 317 g/mol. The Kier molecular flexibility index (Phi) is 4.22. The molecule has 112 valence electrons. The third-order valence-corrected chi connectivity index (χ3v) is 7.56. The van der Waals surface area contributed by atoms with E-state index in [4.69, 9.17) is 0 Å². The molecule has 5 nitrogen and oxygen atoms in total. The van der Waals surface area contributed by atoms with Crippen LogP contribution in [0.1, 0.15) is 13.8 Å². The molecule has 0 radical (unpaired) electrons. The van der Waals surface area contributed by atoms with Crippen LogP contribution in [0.4, 0.5) is 0 Å². The van der Waals surface area contributed by atoms with Gasteiger partial charge in [0.1, 0.15) is 0 Å². The molecule has 0 saturated carbocycles. The van der Waals surface area contributed by atoms with Crippen LogP contribution in [0.2, 0.25) is 0 Å². The molecule has 0 unspecified atom stereocenters. The van der Waals surface area contributed by atoms with Crippen LogP contribution >= 0.6 is 0 Å². The first-order valence-corrected chi connectivity index (χ1v) is 9.66. The van der Waals surface area contributed by atoms with E-state index < -0.39 is 25.1 Å². The summed E-state index contributed by atoms with van der Waals surface area (Å²) in [5.74, 6) is 0.163. The highest BCUT2D eigenvalue weighted by molar-refractivity contribution is 7.92. The fourth-order valence-electron chi connectivity index (χ4n) is 2.17. The lowest BCUT2D eigenvalue weighted by molar-refractivity contribution is 0.309. The van der Waals surface area contributed by atoms with Gasteiger partial charge in [-0.2, -0.15) is 4.31 Å². The van der Waals surface area contributed by atoms with Crippen molar-refractivity contribution in [3.8, 4) is 0 Å². The Hall–Kier alpha value is -0.920. The van der Waals surface area contributed by atoms with Gasteiger partial charge in [-0.05, 0) is 18.1 Å². The van der Waals surface area contributed by atoms with Crippen LogP contribution in [0.5, 0.6) is 0 Å². The number of hydrogen-bond donors (Lipinski definition) is 0. The highest BCUT2D eigenvalue weighted by Gasteiger charge is 2.43. The van der Waals surface area contributed by atoms with Crippen molar-refractivity contribution in [1.29, 1.82) is 0 Å². The zero-order valence-corrected chi connectivity index (χ0v) is 13.2. The molecule has 20 heavy (non-hydrogen) atoms. The summed E-state index contributed by atoms with van der Waals surface area (Å²) in [7, 11) is -6.76. The van der Waals surface area contributed by atoms with Crippen LogP contribution in [0.15, 0.2) is 35.2 Å². The van der Waals surface area contributed by atoms with E-state index in [1.54, 1.807) is 18.2 Å². The minimum atomic E-state index is -3.56. The lowest BCUT2D eigenvalue weighted by atomic mass is 10.3. The van der Waals surface area contributed by atoms with Crippen molar-refractivity contribution in [1.82, 2.24) is 4.31 Å². The summed E-state index contributed by atoms with van der Waals surface area (Å²) < 4.78 is 49.7. The van der Waals surface area contributed by atoms with Crippen LogP contribution < -0.4 is 0 Å². The van der Waals surface area contributed by atoms with Gasteiger partial charge in [0.15, 0.2) is 9.84 Å². The minimum Gasteiger partial charge on any atom is -0.228 e. The van der Waals surface area contributed by atoms with Crippen molar-refractivity contribution >= 4 is 19.9 Å². The Bertz CT molecular complexity index is 660. The lowest BCUT2D eigenvalue weighted by Gasteiger charge is -2.37. The van der Waals surface area contributed by atoms with E-state index in [0.29, 0.717) is 0 Å². The van der Waals surface area contributed by atoms with Gasteiger partial charge in [-0.3, -0.25) is 0 Å². The lowest BCUT2D eigenvalue weighted by Crippen LogP contribution is -2.57. The molecule has 1 aliphatic rings. The summed E-state index contributed by atoms with van der Waals surface area (Å²) in [6, 6.07) is 8.08. The monoisotopic (exact) mass is 317 g/mol. The van der Waals surface area contributed by atoms with Gasteiger partial charge in [-0.25, -0.2) is 16.8 Å². The fourth-order valence-corrected chi connectivity index (χ4v) is 5.92. The summed E-state index contributed by atoms with van der Waals surface area (Å²) in [5.41, 5.74) is 0. The summed E-state index contributed by atoms with van der Waals surface area (Å²) in [6.07, 6.45) is 0. The minimum absolute atomic E-state index is 0.0554. The number of sulfone groups is 1. The molecule has 1 aliphatic heterocycles. The molecule has 1 fully saturated rings. The molecule has 0 N–H and O–H groups in total. The maximum absolute atomic E-state index is 12.2. The van der Waals surface area contributed by atoms with Crippen LogP contribution in [-0.4, -0.2) is 45.2 Å². The molecule has 2 rings (SSSR count). The zero-order chi connectivity index (χ0) is 15.0. The third kappa shape index (κ3) is 3.05. The number of benzene rings is 1. The van der Waals surface area contributed by atoms with E-state index in [9.17, 15) is 16.8 Å². The number of nitrogens with zero attached hydrogens (tertiary/aromatic N) is 1. The van der Waals surface area contributed by atoms with Crippen LogP contribution in [0, 0.1) is 5.92 Å². The number of sulfonamides is 1. The number of rotatable bonds is 5. The Balaban J connectivity index is 2.07. The van der Waals surface area contributed by atoms with E-state index in [2.05, 4.69) is 0 Å². The first-order chi connectivity index (χ1) is 9.23. The third-order valence-electron chi connectivity index (χ3n) is 3.27. The quantitative estimate of drug-likeness (QED) is 0.816. The van der Waals surface area contributed by atoms with E-state index in [1.165, 1.54) is 16.4 Å². The van der Waals surface area contributed by atoms with Crippen molar-refractivity contribution in [2.45, 2.75) is 24.0 Å². The molecule has 0 amide bonds. The standard InChI is InChI=1S/C13H19NO4S2/c1-11(2)10-19(15,16)13-8-14(9-13)20(17,18)12-6-4-3-5-7-12/h3-7,11,13H,8-10H2,1-2H3. The van der Waals surface area contributed by atoms with Gasteiger partial charge in [0, 0.05) is 13.1 Å². The Morgan fingerprint density at radius 3 is 2.15 bits per heavy atom. The van der Waals surface area contributed by atoms with E-state index in [-0.39, 0.29) is 29.7 Å². The number of hydrogen-bond acceptors (Lipinski definition) is 4. The maximum Gasteiger partial charge on any atom is 0.243 e. The topological polar surface area (TPSA) is 71.5 Å². The molecule has 0 atom stereocenters. The molecule has 1 saturated heterocycles. The SMILES string of the molecule is CC(C)CS(=O)(=O)C1CN(S(=O)(=O)c2ccccc2)C1. The second kappa shape index (κ2) is 5.46. The van der Waals surface area contributed by atoms with Gasteiger partial charge < -0.3 is 0 Å². The average Bonchev–Trinajstić information content (AvgIpc) is 2.25. The molecule has 0 aliphatic carbocycles. The molecular weight excluding hydrogens is 298 g/mol. The maximum atomic E-state index is 12.2. The largest absolute Gasteiger partial charge is 0.243 e. The first kappa shape index (κ1) is 15.5. The molecule has 1 heterocycles. The highest BCUT2D eigenvalue weighted by atomic mass is 32.2. The van der Waals surface area contributed by atoms with Crippen LogP contribution in [0.3, 0.4) is 0 Å². The van der Waals surface area contributed by atoms with Crippen molar-refractivity contribution in [2.24, 2.45) is 5.92 Å². The predicted octanol–water partition coefficient (Wildman–Crippen LogP) is 1.13. The van der Waals surface area contributed by atoms with Crippen LogP contribution in [0.25, 0.3) is 0 Å². The first-order valence-electron chi connectivity index (χ1n) is 6.50. The Morgan fingerprint density at radius 1 is 1.10 bits per heavy atom. The Morgan fingerprint density at radius 2 is 1.65 bits per heavy atom. The molecule has 1 aromatic rings. The van der Waals surface area contributed by atoms with Crippen molar-refractivity contribution in [3.05, 3.63) is 30.3 Å². The van der Waals surface area contributed by atoms with Gasteiger partial charge in [0.05, 0.1) is 15.9 Å². The summed E-state index contributed by atoms with van der Waals surface area (Å²) >= 11 is 0. The molecule has 0 aromatic heterocycles. The smallest absolute Gasteiger partial charge is 0.228 e. The molecule has 0 bridgehead atoms. The molecule has 7 heteroatoms. The van der Waals surface area contributed by atoms with Gasteiger partial charge in [-0.1, -0.05) is 32.0 Å². The van der Waals surface area contributed by atoms with Crippen molar-refractivity contribution in [3.63, 3.8) is 0 Å². The van der Waals surface area contributed by atoms with E-state index in [1.807, 2.05) is 13.8 Å². The van der Waals surface area contributed by atoms with Gasteiger partial charge in [0.2, 0.25) is 10.0 Å². The van der Waals surface area contributed by atoms with E-state index in [0.717, 1.165) is 0 Å². The summed E-state index contributed by atoms with van der Waals surface area (Å²) in [6.45, 7) is 3.81. The van der Waals surface area contributed by atoms with Crippen LogP contribution in [-0.2, 0) is 19.9 Å². The zero-order valence-electron chi connectivity index (χ0n) is 11.6. The Labute approximate surface area is 120 Å². The molecule has 0 spiro atoms. The molecular formula is C13H19NO4S2. The van der Waals surface area contributed by atoms with Gasteiger partial charge in [-0.15, -0.1) is 0 Å². The normalized spacial score (nSPS) is 18.1. The predicted molar refractivity (Wildman–Crippen MR) is 77.6 cm³/mol. The van der Waals surface area contributed by atoms with Crippen molar-refractivity contribution < 1.29 is 16.8 Å². The summed E-state index contributed by atoms with van der Waals surface area (Å²) in [4.78, 5) is 0.208.